The largest absolute Gasteiger partial charge is 0.203 e. The molecule has 6 heteroatoms. The van der Waals surface area contributed by atoms with Crippen LogP contribution in [-0.4, -0.2) is 0 Å². The van der Waals surface area contributed by atoms with E-state index in [-0.39, 0.29) is 0 Å². The maximum atomic E-state index is 14.1. The van der Waals surface area contributed by atoms with Gasteiger partial charge in [0.25, 0.3) is 0 Å². The molecule has 0 heterocycles. The van der Waals surface area contributed by atoms with Gasteiger partial charge >= 0.3 is 0 Å². The van der Waals surface area contributed by atoms with Crippen molar-refractivity contribution < 1.29 is 22.0 Å². The van der Waals surface area contributed by atoms with Crippen LogP contribution < -0.4 is 0 Å². The molecule has 1 unspecified atom stereocenters. The topological polar surface area (TPSA) is 0 Å². The van der Waals surface area contributed by atoms with Crippen LogP contribution in [0.15, 0.2) is 0 Å². The molecule has 1 aromatic carbocycles. The van der Waals surface area contributed by atoms with Crippen molar-refractivity contribution in [3.8, 4) is 0 Å². The summed E-state index contributed by atoms with van der Waals surface area (Å²) in [6.07, 6.45) is 5.44. The lowest BCUT2D eigenvalue weighted by Crippen LogP contribution is -2.48. The van der Waals surface area contributed by atoms with E-state index in [1.807, 2.05) is 0 Å². The molecule has 4 aliphatic carbocycles. The summed E-state index contributed by atoms with van der Waals surface area (Å²) in [6.45, 7) is 0. The van der Waals surface area contributed by atoms with Crippen LogP contribution in [0.3, 0.4) is 0 Å². The third-order valence-electron chi connectivity index (χ3n) is 6.12. The molecule has 0 radical (unpaired) electrons. The van der Waals surface area contributed by atoms with E-state index < -0.39 is 45.4 Å². The molecule has 0 saturated heterocycles. The number of hydrogen-bond acceptors (Lipinski definition) is 0. The van der Waals surface area contributed by atoms with Crippen LogP contribution >= 0.6 is 11.6 Å². The molecule has 0 amide bonds. The van der Waals surface area contributed by atoms with Gasteiger partial charge in [-0.25, -0.2) is 22.0 Å². The Morgan fingerprint density at radius 1 is 0.696 bits per heavy atom. The smallest absolute Gasteiger partial charge is 0.200 e. The van der Waals surface area contributed by atoms with Gasteiger partial charge in [-0.2, -0.15) is 0 Å². The van der Waals surface area contributed by atoms with Crippen LogP contribution in [-0.2, 0) is 0 Å². The van der Waals surface area contributed by atoms with Gasteiger partial charge in [-0.3, -0.25) is 0 Å². The minimum absolute atomic E-state index is 0.462. The minimum Gasteiger partial charge on any atom is -0.203 e. The fourth-order valence-electron chi connectivity index (χ4n) is 5.64. The zero-order chi connectivity index (χ0) is 16.5. The Bertz CT molecular complexity index is 607. The summed E-state index contributed by atoms with van der Waals surface area (Å²) in [5.74, 6) is -8.12. The Labute approximate surface area is 136 Å². The maximum absolute atomic E-state index is 14.1. The molecule has 0 aromatic heterocycles. The predicted molar refractivity (Wildman–Crippen MR) is 75.4 cm³/mol. The van der Waals surface area contributed by atoms with Crippen molar-refractivity contribution in [1.29, 1.82) is 0 Å². The lowest BCUT2D eigenvalue weighted by atomic mass is 9.48. The number of benzene rings is 1. The molecule has 23 heavy (non-hydrogen) atoms. The Balaban J connectivity index is 1.80. The summed E-state index contributed by atoms with van der Waals surface area (Å²) in [6, 6.07) is 0. The fraction of sp³-hybridized carbons (Fsp3) is 0.647. The SMILES string of the molecule is Fc1c(F)c(F)c(C(Cl)C23CC4CC(CC(C4)C2)C3)c(F)c1F. The van der Waals surface area contributed by atoms with E-state index in [2.05, 4.69) is 0 Å². The van der Waals surface area contributed by atoms with Crippen LogP contribution in [0, 0.1) is 52.3 Å². The average molecular weight is 351 g/mol. The predicted octanol–water partition coefficient (Wildman–Crippen LogP) is 5.88. The zero-order valence-electron chi connectivity index (χ0n) is 12.3. The summed E-state index contributed by atoms with van der Waals surface area (Å²) >= 11 is 6.40. The number of rotatable bonds is 2. The molecule has 0 nitrogen and oxygen atoms in total. The summed E-state index contributed by atoms with van der Waals surface area (Å²) in [7, 11) is 0. The first-order valence-electron chi connectivity index (χ1n) is 7.98. The Hall–Kier alpha value is -0.840. The normalized spacial score (nSPS) is 36.5. The second-order valence-corrected chi connectivity index (χ2v) is 8.06. The number of halogens is 6. The molecule has 5 rings (SSSR count). The van der Waals surface area contributed by atoms with Gasteiger partial charge in [0.15, 0.2) is 23.3 Å². The molecule has 126 valence electrons. The van der Waals surface area contributed by atoms with E-state index in [1.165, 1.54) is 0 Å². The van der Waals surface area contributed by atoms with E-state index in [9.17, 15) is 22.0 Å². The summed E-state index contributed by atoms with van der Waals surface area (Å²) in [5.41, 5.74) is -1.39. The van der Waals surface area contributed by atoms with E-state index in [1.54, 1.807) is 0 Å². The van der Waals surface area contributed by atoms with Crippen LogP contribution in [0.2, 0.25) is 0 Å². The van der Waals surface area contributed by atoms with Crippen molar-refractivity contribution in [2.45, 2.75) is 43.9 Å². The molecule has 4 aliphatic rings. The van der Waals surface area contributed by atoms with Crippen molar-refractivity contribution in [3.63, 3.8) is 0 Å². The van der Waals surface area contributed by atoms with Gasteiger partial charge in [-0.15, -0.1) is 11.6 Å². The molecule has 1 aromatic rings. The zero-order valence-corrected chi connectivity index (χ0v) is 13.1. The van der Waals surface area contributed by atoms with Crippen molar-refractivity contribution in [2.24, 2.45) is 23.2 Å². The van der Waals surface area contributed by atoms with Crippen molar-refractivity contribution in [3.05, 3.63) is 34.6 Å². The fourth-order valence-corrected chi connectivity index (χ4v) is 6.10. The third-order valence-corrected chi connectivity index (χ3v) is 6.80. The van der Waals surface area contributed by atoms with Crippen LogP contribution in [0.5, 0.6) is 0 Å². The number of hydrogen-bond donors (Lipinski definition) is 0. The van der Waals surface area contributed by atoms with Crippen molar-refractivity contribution >= 4 is 11.6 Å². The van der Waals surface area contributed by atoms with Gasteiger partial charge in [0.05, 0.1) is 5.38 Å². The van der Waals surface area contributed by atoms with Crippen molar-refractivity contribution in [1.82, 2.24) is 0 Å². The first kappa shape index (κ1) is 15.7. The Morgan fingerprint density at radius 3 is 1.43 bits per heavy atom. The molecule has 0 spiro atoms. The number of alkyl halides is 1. The molecule has 0 aliphatic heterocycles. The van der Waals surface area contributed by atoms with Crippen molar-refractivity contribution in [2.75, 3.05) is 0 Å². The summed E-state index contributed by atoms with van der Waals surface area (Å²) < 4.78 is 68.5. The standard InChI is InChI=1S/C17H16ClF5/c18-16(10-11(19)13(21)15(23)14(22)12(10)20)17-4-7-1-8(5-17)3-9(2-7)6-17/h7-9,16H,1-6H2. The molecule has 0 N–H and O–H groups in total. The quantitative estimate of drug-likeness (QED) is 0.270. The summed E-state index contributed by atoms with van der Waals surface area (Å²) in [4.78, 5) is 0. The highest BCUT2D eigenvalue weighted by atomic mass is 35.5. The highest BCUT2D eigenvalue weighted by Gasteiger charge is 2.55. The first-order chi connectivity index (χ1) is 10.8. The Morgan fingerprint density at radius 2 is 1.04 bits per heavy atom. The molecule has 4 fully saturated rings. The monoisotopic (exact) mass is 350 g/mol. The minimum atomic E-state index is -2.13. The van der Waals surface area contributed by atoms with Gasteiger partial charge in [0, 0.05) is 5.56 Å². The molecule has 4 bridgehead atoms. The van der Waals surface area contributed by atoms with Gasteiger partial charge in [0.1, 0.15) is 0 Å². The van der Waals surface area contributed by atoms with Crippen LogP contribution in [0.4, 0.5) is 22.0 Å². The highest BCUT2D eigenvalue weighted by Crippen LogP contribution is 2.65. The van der Waals surface area contributed by atoms with E-state index in [0.29, 0.717) is 37.0 Å². The molecule has 4 saturated carbocycles. The maximum Gasteiger partial charge on any atom is 0.200 e. The van der Waals surface area contributed by atoms with Gasteiger partial charge in [-0.1, -0.05) is 0 Å². The van der Waals surface area contributed by atoms with Gasteiger partial charge < -0.3 is 0 Å². The van der Waals surface area contributed by atoms with Crippen LogP contribution in [0.25, 0.3) is 0 Å². The van der Waals surface area contributed by atoms with E-state index in [4.69, 9.17) is 11.6 Å². The highest BCUT2D eigenvalue weighted by molar-refractivity contribution is 6.21. The second-order valence-electron chi connectivity index (χ2n) is 7.63. The lowest BCUT2D eigenvalue weighted by Gasteiger charge is -2.58. The molecular formula is C17H16ClF5. The van der Waals surface area contributed by atoms with Crippen LogP contribution in [0.1, 0.15) is 49.5 Å². The first-order valence-corrected chi connectivity index (χ1v) is 8.41. The molecule has 1 atom stereocenters. The average Bonchev–Trinajstić information content (AvgIpc) is 2.50. The molecular weight excluding hydrogens is 335 g/mol. The second kappa shape index (κ2) is 5.08. The summed E-state index contributed by atoms with van der Waals surface area (Å²) in [5, 5.41) is -1.18. The Kier molecular flexibility index (Phi) is 3.46. The third kappa shape index (κ3) is 2.15. The van der Waals surface area contributed by atoms with E-state index >= 15 is 0 Å². The lowest BCUT2D eigenvalue weighted by molar-refractivity contribution is -0.0562. The van der Waals surface area contributed by atoms with Gasteiger partial charge in [-0.05, 0) is 61.7 Å². The van der Waals surface area contributed by atoms with E-state index in [0.717, 1.165) is 19.3 Å². The van der Waals surface area contributed by atoms with Gasteiger partial charge in [0.2, 0.25) is 5.82 Å².